The molecule has 4 aromatic heterocycles. The summed E-state index contributed by atoms with van der Waals surface area (Å²) in [5.74, 6) is 0.900. The van der Waals surface area contributed by atoms with Gasteiger partial charge < -0.3 is 8.83 Å². The normalized spacial score (nSPS) is 11.1. The molecule has 0 aliphatic rings. The molecule has 0 atom stereocenters. The highest BCUT2D eigenvalue weighted by atomic mass is 32.2. The number of rotatable bonds is 9. The molecule has 0 aliphatic heterocycles. The number of aromatic nitrogens is 4. The Bertz CT molecular complexity index is 1110. The Morgan fingerprint density at radius 3 is 2.03 bits per heavy atom. The summed E-state index contributed by atoms with van der Waals surface area (Å²) in [4.78, 5) is 8.76. The van der Waals surface area contributed by atoms with Crippen LogP contribution in [0, 0.1) is 0 Å². The van der Waals surface area contributed by atoms with Gasteiger partial charge in [-0.1, -0.05) is 16.1 Å². The van der Waals surface area contributed by atoms with Crippen LogP contribution in [-0.2, 0) is 18.7 Å². The second kappa shape index (κ2) is 9.79. The Labute approximate surface area is 175 Å². The Morgan fingerprint density at radius 1 is 0.767 bits per heavy atom. The lowest BCUT2D eigenvalue weighted by molar-refractivity contribution is -0.432. The zero-order chi connectivity index (χ0) is 20.8. The molecule has 0 bridgehead atoms. The molecule has 4 aromatic rings. The van der Waals surface area contributed by atoms with Crippen LogP contribution in [0.3, 0.4) is 0 Å². The Kier molecular flexibility index (Phi) is 6.67. The van der Waals surface area contributed by atoms with E-state index in [-0.39, 0.29) is 21.7 Å². The first-order chi connectivity index (χ1) is 14.8. The SMILES string of the molecule is OOOSc1ccc(-c2nnc(-c3ccccn3)nc2-c2ccc(SOOO)o2)o1. The topological polar surface area (TPSA) is 155 Å². The van der Waals surface area contributed by atoms with Crippen molar-refractivity contribution < 1.29 is 38.1 Å². The van der Waals surface area contributed by atoms with Crippen molar-refractivity contribution in [2.45, 2.75) is 10.2 Å². The van der Waals surface area contributed by atoms with Crippen molar-refractivity contribution in [3.8, 4) is 34.4 Å². The fourth-order valence-electron chi connectivity index (χ4n) is 2.35. The van der Waals surface area contributed by atoms with Crippen molar-refractivity contribution >= 4 is 24.1 Å². The van der Waals surface area contributed by atoms with E-state index in [4.69, 9.17) is 19.3 Å². The maximum absolute atomic E-state index is 8.30. The number of hydrogen-bond acceptors (Lipinski definition) is 14. The molecular weight excluding hydrogens is 440 g/mol. The first kappa shape index (κ1) is 20.5. The van der Waals surface area contributed by atoms with E-state index >= 15 is 0 Å². The smallest absolute Gasteiger partial charge is 0.201 e. The Hall–Kier alpha value is -2.82. The molecule has 0 spiro atoms. The fourth-order valence-corrected chi connectivity index (χ4v) is 3.04. The van der Waals surface area contributed by atoms with E-state index in [9.17, 15) is 0 Å². The molecule has 0 amide bonds. The fraction of sp³-hybridized carbons (Fsp3) is 0. The summed E-state index contributed by atoms with van der Waals surface area (Å²) in [5, 5.41) is 32.6. The van der Waals surface area contributed by atoms with Crippen molar-refractivity contribution in [2.24, 2.45) is 0 Å². The van der Waals surface area contributed by atoms with E-state index in [0.29, 0.717) is 47.0 Å². The lowest BCUT2D eigenvalue weighted by Crippen LogP contribution is -2.00. The van der Waals surface area contributed by atoms with Gasteiger partial charge in [-0.25, -0.2) is 15.5 Å². The average molecular weight is 450 g/mol. The highest BCUT2D eigenvalue weighted by Crippen LogP contribution is 2.35. The highest BCUT2D eigenvalue weighted by molar-refractivity contribution is 7.94. The molecule has 0 fully saturated rings. The van der Waals surface area contributed by atoms with E-state index in [1.165, 1.54) is 0 Å². The minimum atomic E-state index is 0.271. The van der Waals surface area contributed by atoms with Crippen LogP contribution in [0.25, 0.3) is 34.4 Å². The second-order valence-corrected chi connectivity index (χ2v) is 6.65. The van der Waals surface area contributed by atoms with Crippen molar-refractivity contribution in [1.29, 1.82) is 0 Å². The van der Waals surface area contributed by atoms with Gasteiger partial charge in [-0.05, 0) is 36.4 Å². The maximum Gasteiger partial charge on any atom is 0.201 e. The number of furan rings is 2. The molecule has 154 valence electrons. The Morgan fingerprint density at radius 2 is 1.43 bits per heavy atom. The van der Waals surface area contributed by atoms with Crippen LogP contribution in [0.4, 0.5) is 0 Å². The molecule has 4 heterocycles. The van der Waals surface area contributed by atoms with Gasteiger partial charge in [0.2, 0.25) is 5.82 Å². The maximum atomic E-state index is 8.30. The van der Waals surface area contributed by atoms with E-state index in [0.717, 1.165) is 0 Å². The summed E-state index contributed by atoms with van der Waals surface area (Å²) in [6.45, 7) is 0. The monoisotopic (exact) mass is 450 g/mol. The van der Waals surface area contributed by atoms with Crippen LogP contribution in [0.2, 0.25) is 0 Å². The van der Waals surface area contributed by atoms with Crippen molar-refractivity contribution in [1.82, 2.24) is 20.2 Å². The minimum absolute atomic E-state index is 0.271. The lowest BCUT2D eigenvalue weighted by Gasteiger charge is -2.05. The molecule has 12 nitrogen and oxygen atoms in total. The molecule has 2 N–H and O–H groups in total. The molecule has 0 radical (unpaired) electrons. The lowest BCUT2D eigenvalue weighted by atomic mass is 10.2. The summed E-state index contributed by atoms with van der Waals surface area (Å²) in [6, 6.07) is 11.7. The summed E-state index contributed by atoms with van der Waals surface area (Å²) < 4.78 is 20.0. The first-order valence-electron chi connectivity index (χ1n) is 7.94. The van der Waals surface area contributed by atoms with Gasteiger partial charge in [0.25, 0.3) is 0 Å². The van der Waals surface area contributed by atoms with Gasteiger partial charge in [-0.2, -0.15) is 0 Å². The van der Waals surface area contributed by atoms with Crippen molar-refractivity contribution in [3.05, 3.63) is 48.7 Å². The summed E-state index contributed by atoms with van der Waals surface area (Å²) in [5.41, 5.74) is 1.10. The zero-order valence-electron chi connectivity index (χ0n) is 14.6. The summed E-state index contributed by atoms with van der Waals surface area (Å²) in [6.07, 6.45) is 1.61. The molecule has 0 saturated carbocycles. The van der Waals surface area contributed by atoms with Crippen LogP contribution in [0.5, 0.6) is 0 Å². The van der Waals surface area contributed by atoms with E-state index in [2.05, 4.69) is 38.9 Å². The number of nitrogens with zero attached hydrogens (tertiary/aromatic N) is 4. The standard InChI is InChI=1S/C16H10N4O8S2/c21-25-27-29-12-6-4-10(23-12)14-15(11-5-7-13(24-11)30-28-26-22)19-20-16(18-14)9-3-1-2-8-17-9/h1-8,21-22H. The second-order valence-electron chi connectivity index (χ2n) is 5.24. The molecule has 30 heavy (non-hydrogen) atoms. The van der Waals surface area contributed by atoms with Crippen LogP contribution in [-0.4, -0.2) is 30.7 Å². The van der Waals surface area contributed by atoms with Crippen molar-refractivity contribution in [2.75, 3.05) is 0 Å². The van der Waals surface area contributed by atoms with Crippen molar-refractivity contribution in [3.63, 3.8) is 0 Å². The first-order valence-corrected chi connectivity index (χ1v) is 9.43. The van der Waals surface area contributed by atoms with E-state index < -0.39 is 0 Å². The van der Waals surface area contributed by atoms with Gasteiger partial charge in [0.1, 0.15) is 35.5 Å². The average Bonchev–Trinajstić information content (AvgIpc) is 3.46. The largest absolute Gasteiger partial charge is 0.446 e. The Balaban J connectivity index is 1.75. The van der Waals surface area contributed by atoms with Crippen LogP contribution < -0.4 is 0 Å². The van der Waals surface area contributed by atoms with Gasteiger partial charge >= 0.3 is 0 Å². The third-order valence-electron chi connectivity index (χ3n) is 3.50. The molecule has 4 rings (SSSR count). The molecular formula is C16H10N4O8S2. The number of hydrogen-bond donors (Lipinski definition) is 2. The molecule has 14 heteroatoms. The molecule has 0 saturated heterocycles. The van der Waals surface area contributed by atoms with Gasteiger partial charge in [0.15, 0.2) is 27.4 Å². The van der Waals surface area contributed by atoms with Gasteiger partial charge in [-0.3, -0.25) is 4.98 Å². The third-order valence-corrected chi connectivity index (χ3v) is 4.53. The molecule has 0 unspecified atom stereocenters. The van der Waals surface area contributed by atoms with Gasteiger partial charge in [0.05, 0.1) is 0 Å². The quantitative estimate of drug-likeness (QED) is 0.211. The van der Waals surface area contributed by atoms with E-state index in [1.807, 2.05) is 0 Å². The summed E-state index contributed by atoms with van der Waals surface area (Å²) >= 11 is 1.31. The number of pyridine rings is 1. The van der Waals surface area contributed by atoms with Crippen LogP contribution in [0.1, 0.15) is 0 Å². The van der Waals surface area contributed by atoms with E-state index in [1.54, 1.807) is 48.7 Å². The molecule has 0 aliphatic carbocycles. The van der Waals surface area contributed by atoms with Gasteiger partial charge in [-0.15, -0.1) is 18.9 Å². The predicted molar refractivity (Wildman–Crippen MR) is 99.8 cm³/mol. The van der Waals surface area contributed by atoms with Crippen LogP contribution in [0.15, 0.2) is 67.7 Å². The third kappa shape index (κ3) is 4.66. The van der Waals surface area contributed by atoms with Crippen LogP contribution >= 0.6 is 24.1 Å². The molecule has 0 aromatic carbocycles. The minimum Gasteiger partial charge on any atom is -0.446 e. The highest BCUT2D eigenvalue weighted by Gasteiger charge is 2.21. The summed E-state index contributed by atoms with van der Waals surface area (Å²) in [7, 11) is 0. The zero-order valence-corrected chi connectivity index (χ0v) is 16.2. The van der Waals surface area contributed by atoms with Gasteiger partial charge in [0, 0.05) is 6.20 Å². The predicted octanol–water partition coefficient (Wildman–Crippen LogP) is 4.31.